The SMILES string of the molecule is CCOc1ccc(C(C)(OC(C)=O)C2CCOC3=C2C(=O)CCC3)cc1. The van der Waals surface area contributed by atoms with Crippen molar-refractivity contribution in [1.82, 2.24) is 0 Å². The van der Waals surface area contributed by atoms with E-state index in [0.29, 0.717) is 31.6 Å². The monoisotopic (exact) mass is 358 g/mol. The average molecular weight is 358 g/mol. The van der Waals surface area contributed by atoms with E-state index in [1.54, 1.807) is 0 Å². The summed E-state index contributed by atoms with van der Waals surface area (Å²) < 4.78 is 17.1. The van der Waals surface area contributed by atoms with Crippen molar-refractivity contribution < 1.29 is 23.8 Å². The number of benzene rings is 1. The number of ketones is 1. The van der Waals surface area contributed by atoms with Gasteiger partial charge < -0.3 is 14.2 Å². The number of hydrogen-bond donors (Lipinski definition) is 0. The minimum Gasteiger partial charge on any atom is -0.497 e. The third kappa shape index (κ3) is 3.48. The van der Waals surface area contributed by atoms with Crippen LogP contribution in [-0.2, 0) is 24.7 Å². The van der Waals surface area contributed by atoms with Gasteiger partial charge in [-0.25, -0.2) is 0 Å². The minimum absolute atomic E-state index is 0.111. The molecule has 0 fully saturated rings. The molecular weight excluding hydrogens is 332 g/mol. The largest absolute Gasteiger partial charge is 0.497 e. The molecule has 0 saturated carbocycles. The van der Waals surface area contributed by atoms with Crippen molar-refractivity contribution in [2.75, 3.05) is 13.2 Å². The molecule has 3 rings (SSSR count). The van der Waals surface area contributed by atoms with Gasteiger partial charge in [0.25, 0.3) is 0 Å². The normalized spacial score (nSPS) is 22.1. The molecule has 1 aromatic carbocycles. The summed E-state index contributed by atoms with van der Waals surface area (Å²) in [6.45, 7) is 6.36. The van der Waals surface area contributed by atoms with Crippen molar-refractivity contribution in [3.05, 3.63) is 41.2 Å². The Balaban J connectivity index is 2.04. The molecule has 0 bridgehead atoms. The lowest BCUT2D eigenvalue weighted by Gasteiger charge is -2.42. The predicted octanol–water partition coefficient (Wildman–Crippen LogP) is 3.91. The highest BCUT2D eigenvalue weighted by Gasteiger charge is 2.46. The topological polar surface area (TPSA) is 61.8 Å². The predicted molar refractivity (Wildman–Crippen MR) is 96.7 cm³/mol. The molecule has 2 atom stereocenters. The first-order chi connectivity index (χ1) is 12.5. The third-order valence-electron chi connectivity index (χ3n) is 5.20. The molecule has 0 spiro atoms. The van der Waals surface area contributed by atoms with Gasteiger partial charge in [-0.05, 0) is 44.4 Å². The number of allylic oxidation sites excluding steroid dienone is 1. The summed E-state index contributed by atoms with van der Waals surface area (Å²) in [4.78, 5) is 24.6. The van der Waals surface area contributed by atoms with Crippen LogP contribution < -0.4 is 4.74 Å². The molecular formula is C21H26O5. The zero-order valence-electron chi connectivity index (χ0n) is 15.7. The lowest BCUT2D eigenvalue weighted by Crippen LogP contribution is -2.42. The molecule has 5 heteroatoms. The van der Waals surface area contributed by atoms with Crippen molar-refractivity contribution in [2.45, 2.75) is 52.1 Å². The molecule has 2 aliphatic rings. The maximum Gasteiger partial charge on any atom is 0.303 e. The summed E-state index contributed by atoms with van der Waals surface area (Å²) in [6.07, 6.45) is 2.76. The van der Waals surface area contributed by atoms with Crippen molar-refractivity contribution >= 4 is 11.8 Å². The smallest absolute Gasteiger partial charge is 0.303 e. The van der Waals surface area contributed by atoms with E-state index in [2.05, 4.69) is 0 Å². The van der Waals surface area contributed by atoms with Gasteiger partial charge in [-0.15, -0.1) is 0 Å². The molecule has 5 nitrogen and oxygen atoms in total. The van der Waals surface area contributed by atoms with Crippen LogP contribution in [-0.4, -0.2) is 25.0 Å². The average Bonchev–Trinajstić information content (AvgIpc) is 2.62. The molecule has 140 valence electrons. The summed E-state index contributed by atoms with van der Waals surface area (Å²) in [5.74, 6) is 1.09. The number of ether oxygens (including phenoxy) is 3. The maximum atomic E-state index is 12.6. The molecule has 1 heterocycles. The second-order valence-corrected chi connectivity index (χ2v) is 6.96. The molecule has 0 radical (unpaired) electrons. The Morgan fingerprint density at radius 3 is 2.65 bits per heavy atom. The van der Waals surface area contributed by atoms with Gasteiger partial charge in [-0.2, -0.15) is 0 Å². The van der Waals surface area contributed by atoms with E-state index < -0.39 is 5.60 Å². The second-order valence-electron chi connectivity index (χ2n) is 6.96. The zero-order chi connectivity index (χ0) is 18.7. The summed E-state index contributed by atoms with van der Waals surface area (Å²) in [6, 6.07) is 7.57. The van der Waals surface area contributed by atoms with Gasteiger partial charge in [-0.3, -0.25) is 9.59 Å². The van der Waals surface area contributed by atoms with E-state index in [1.165, 1.54) is 6.92 Å². The first-order valence-electron chi connectivity index (χ1n) is 9.27. The molecule has 0 N–H and O–H groups in total. The molecule has 1 aliphatic heterocycles. The summed E-state index contributed by atoms with van der Waals surface area (Å²) >= 11 is 0. The van der Waals surface area contributed by atoms with Crippen LogP contribution in [0.15, 0.2) is 35.6 Å². The Labute approximate surface area is 154 Å². The van der Waals surface area contributed by atoms with Gasteiger partial charge in [0, 0.05) is 31.3 Å². The summed E-state index contributed by atoms with van der Waals surface area (Å²) in [7, 11) is 0. The highest BCUT2D eigenvalue weighted by Crippen LogP contribution is 2.46. The Bertz CT molecular complexity index is 714. The quantitative estimate of drug-likeness (QED) is 0.747. The lowest BCUT2D eigenvalue weighted by atomic mass is 9.71. The molecule has 1 aliphatic carbocycles. The fourth-order valence-electron chi connectivity index (χ4n) is 4.05. The molecule has 26 heavy (non-hydrogen) atoms. The van der Waals surface area contributed by atoms with Gasteiger partial charge in [0.1, 0.15) is 17.1 Å². The second kappa shape index (κ2) is 7.52. The number of esters is 1. The lowest BCUT2D eigenvalue weighted by molar-refractivity contribution is -0.163. The van der Waals surface area contributed by atoms with Crippen molar-refractivity contribution in [3.63, 3.8) is 0 Å². The van der Waals surface area contributed by atoms with Crippen molar-refractivity contribution in [3.8, 4) is 5.75 Å². The first kappa shape index (κ1) is 18.5. The minimum atomic E-state index is -0.923. The van der Waals surface area contributed by atoms with Gasteiger partial charge in [0.2, 0.25) is 0 Å². The zero-order valence-corrected chi connectivity index (χ0v) is 15.7. The van der Waals surface area contributed by atoms with Crippen LogP contribution in [0.1, 0.15) is 52.0 Å². The van der Waals surface area contributed by atoms with Gasteiger partial charge in [0.05, 0.1) is 13.2 Å². The number of Topliss-reactive ketones (excluding diaryl/α,β-unsaturated/α-hetero) is 1. The first-order valence-corrected chi connectivity index (χ1v) is 9.27. The molecule has 1 aromatic rings. The van der Waals surface area contributed by atoms with E-state index in [1.807, 2.05) is 38.1 Å². The number of hydrogen-bond acceptors (Lipinski definition) is 5. The highest BCUT2D eigenvalue weighted by molar-refractivity contribution is 5.97. The number of rotatable bonds is 5. The molecule has 2 unspecified atom stereocenters. The Kier molecular flexibility index (Phi) is 5.35. The Morgan fingerprint density at radius 2 is 2.00 bits per heavy atom. The van der Waals surface area contributed by atoms with Crippen molar-refractivity contribution in [1.29, 1.82) is 0 Å². The molecule has 0 saturated heterocycles. The van der Waals surface area contributed by atoms with Gasteiger partial charge >= 0.3 is 5.97 Å². The van der Waals surface area contributed by atoms with E-state index in [0.717, 1.165) is 29.9 Å². The Hall–Kier alpha value is -2.30. The van der Waals surface area contributed by atoms with E-state index in [9.17, 15) is 9.59 Å². The van der Waals surface area contributed by atoms with Crippen LogP contribution in [0.3, 0.4) is 0 Å². The standard InChI is InChI=1S/C21H26O5/c1-4-24-16-10-8-15(9-11-16)21(3,26-14(2)22)17-12-13-25-19-7-5-6-18(23)20(17)19/h8-11,17H,4-7,12-13H2,1-3H3. The Morgan fingerprint density at radius 1 is 1.27 bits per heavy atom. The molecule has 0 aromatic heterocycles. The van der Waals surface area contributed by atoms with Crippen molar-refractivity contribution in [2.24, 2.45) is 5.92 Å². The van der Waals surface area contributed by atoms with Crippen LogP contribution >= 0.6 is 0 Å². The van der Waals surface area contributed by atoms with Crippen LogP contribution in [0.25, 0.3) is 0 Å². The van der Waals surface area contributed by atoms with Crippen LogP contribution in [0.2, 0.25) is 0 Å². The molecule has 0 amide bonds. The van der Waals surface area contributed by atoms with Crippen LogP contribution in [0, 0.1) is 5.92 Å². The van der Waals surface area contributed by atoms with E-state index in [4.69, 9.17) is 14.2 Å². The van der Waals surface area contributed by atoms with Crippen LogP contribution in [0.4, 0.5) is 0 Å². The summed E-state index contributed by atoms with van der Waals surface area (Å²) in [5, 5.41) is 0. The summed E-state index contributed by atoms with van der Waals surface area (Å²) in [5.41, 5.74) is 0.641. The number of carbonyl (C=O) groups excluding carboxylic acids is 2. The van der Waals surface area contributed by atoms with Gasteiger partial charge in [0.15, 0.2) is 5.78 Å². The fourth-order valence-corrected chi connectivity index (χ4v) is 4.05. The maximum absolute atomic E-state index is 12.6. The van der Waals surface area contributed by atoms with E-state index in [-0.39, 0.29) is 17.7 Å². The van der Waals surface area contributed by atoms with Gasteiger partial charge in [-0.1, -0.05) is 12.1 Å². The van der Waals surface area contributed by atoms with E-state index >= 15 is 0 Å². The number of carbonyl (C=O) groups is 2. The van der Waals surface area contributed by atoms with Crippen LogP contribution in [0.5, 0.6) is 5.75 Å². The fraction of sp³-hybridized carbons (Fsp3) is 0.524. The third-order valence-corrected chi connectivity index (χ3v) is 5.20. The highest BCUT2D eigenvalue weighted by atomic mass is 16.6.